The second-order valence-corrected chi connectivity index (χ2v) is 19.6. The summed E-state index contributed by atoms with van der Waals surface area (Å²) in [6, 6.07) is 9.93. The molecule has 0 aliphatic heterocycles. The Morgan fingerprint density at radius 1 is 0.230 bits per heavy atom. The SMILES string of the molecule is CCCCCCCCc1ccc(Oc2ccc(CCCCCCCC)c(CCCCCCCC)c2CCCCCCCC)c(CCCCCCCC)c1CCCCCCCC. The van der Waals surface area contributed by atoms with E-state index in [4.69, 9.17) is 4.74 Å². The number of hydrogen-bond donors (Lipinski definition) is 0. The molecule has 2 aromatic carbocycles. The number of ether oxygens (including phenoxy) is 1. The maximum Gasteiger partial charge on any atom is 0.130 e. The summed E-state index contributed by atoms with van der Waals surface area (Å²) in [5.74, 6) is 2.39. The Morgan fingerprint density at radius 2 is 0.443 bits per heavy atom. The standard InChI is InChI=1S/C60H106O/c1-7-13-19-25-31-37-43-53-49-51-59(57(47-41-35-29-23-17-11-5)55(53)45-39-33-27-21-15-9-3)61-60-52-50-54(44-38-32-26-20-14-8-2)56(46-40-34-28-22-16-10-4)58(60)48-42-36-30-24-18-12-6/h49-52H,7-48H2,1-6H3. The van der Waals surface area contributed by atoms with Crippen molar-refractivity contribution in [1.29, 1.82) is 0 Å². The van der Waals surface area contributed by atoms with E-state index in [9.17, 15) is 0 Å². The molecule has 0 heterocycles. The molecule has 0 aromatic heterocycles. The van der Waals surface area contributed by atoms with Gasteiger partial charge in [-0.25, -0.2) is 0 Å². The van der Waals surface area contributed by atoms with E-state index in [1.54, 1.807) is 33.4 Å². The molecule has 0 spiro atoms. The van der Waals surface area contributed by atoms with Crippen LogP contribution in [0.25, 0.3) is 0 Å². The second kappa shape index (κ2) is 39.8. The molecule has 0 aliphatic rings. The molecule has 0 atom stereocenters. The van der Waals surface area contributed by atoms with Crippen LogP contribution in [0, 0.1) is 0 Å². The van der Waals surface area contributed by atoms with Crippen LogP contribution in [-0.2, 0) is 38.5 Å². The van der Waals surface area contributed by atoms with Crippen LogP contribution < -0.4 is 4.74 Å². The average molecular weight is 844 g/mol. The summed E-state index contributed by atoms with van der Waals surface area (Å²) in [6.07, 6.45) is 56.2. The van der Waals surface area contributed by atoms with Crippen LogP contribution in [0.3, 0.4) is 0 Å². The Hall–Kier alpha value is -1.76. The number of unbranched alkanes of at least 4 members (excludes halogenated alkanes) is 30. The van der Waals surface area contributed by atoms with Crippen LogP contribution in [0.1, 0.15) is 306 Å². The molecule has 0 bridgehead atoms. The van der Waals surface area contributed by atoms with Crippen molar-refractivity contribution in [3.05, 3.63) is 57.6 Å². The minimum absolute atomic E-state index is 1.17. The Kier molecular flexibility index (Phi) is 36.1. The van der Waals surface area contributed by atoms with Crippen molar-refractivity contribution in [3.63, 3.8) is 0 Å². The first-order chi connectivity index (χ1) is 30.1. The van der Waals surface area contributed by atoms with Gasteiger partial charge in [0.1, 0.15) is 11.5 Å². The van der Waals surface area contributed by atoms with Gasteiger partial charge in [-0.2, -0.15) is 0 Å². The van der Waals surface area contributed by atoms with Crippen molar-refractivity contribution < 1.29 is 4.74 Å². The maximum absolute atomic E-state index is 7.48. The zero-order valence-corrected chi connectivity index (χ0v) is 42.4. The van der Waals surface area contributed by atoms with Gasteiger partial charge in [0.25, 0.3) is 0 Å². The lowest BCUT2D eigenvalue weighted by Crippen LogP contribution is -2.07. The molecule has 2 aromatic rings. The van der Waals surface area contributed by atoms with Gasteiger partial charge in [0.2, 0.25) is 0 Å². The predicted molar refractivity (Wildman–Crippen MR) is 275 cm³/mol. The molecule has 1 heteroatoms. The monoisotopic (exact) mass is 843 g/mol. The molecule has 0 unspecified atom stereocenters. The van der Waals surface area contributed by atoms with Crippen molar-refractivity contribution in [2.45, 2.75) is 311 Å². The van der Waals surface area contributed by atoms with Crippen molar-refractivity contribution >= 4 is 0 Å². The Bertz CT molecular complexity index is 1180. The Morgan fingerprint density at radius 3 is 0.705 bits per heavy atom. The molecule has 352 valence electrons. The zero-order chi connectivity index (χ0) is 43.9. The highest BCUT2D eigenvalue weighted by Crippen LogP contribution is 2.38. The van der Waals surface area contributed by atoms with E-state index in [0.29, 0.717) is 0 Å². The fourth-order valence-electron chi connectivity index (χ4n) is 9.91. The van der Waals surface area contributed by atoms with Gasteiger partial charge in [-0.1, -0.05) is 246 Å². The van der Waals surface area contributed by atoms with Gasteiger partial charge >= 0.3 is 0 Å². The molecule has 0 fully saturated rings. The lowest BCUT2D eigenvalue weighted by molar-refractivity contribution is 0.462. The molecule has 2 rings (SSSR count). The average Bonchev–Trinajstić information content (AvgIpc) is 3.27. The van der Waals surface area contributed by atoms with Crippen LogP contribution in [0.15, 0.2) is 24.3 Å². The third-order valence-electron chi connectivity index (χ3n) is 13.9. The Balaban J connectivity index is 2.59. The molecule has 61 heavy (non-hydrogen) atoms. The Labute approximate surface area is 383 Å². The lowest BCUT2D eigenvalue weighted by Gasteiger charge is -2.23. The quantitative estimate of drug-likeness (QED) is 0.0604. The number of hydrogen-bond acceptors (Lipinski definition) is 1. The van der Waals surface area contributed by atoms with Gasteiger partial charge in [-0.3, -0.25) is 0 Å². The molecule has 0 amide bonds. The van der Waals surface area contributed by atoms with Crippen molar-refractivity contribution in [2.75, 3.05) is 0 Å². The summed E-state index contributed by atoms with van der Waals surface area (Å²) in [5.41, 5.74) is 9.79. The minimum atomic E-state index is 1.17. The first kappa shape index (κ1) is 55.4. The van der Waals surface area contributed by atoms with Crippen LogP contribution in [0.2, 0.25) is 0 Å². The maximum atomic E-state index is 7.48. The lowest BCUT2D eigenvalue weighted by atomic mass is 9.88. The first-order valence-corrected chi connectivity index (χ1v) is 28.1. The number of aryl methyl sites for hydroxylation is 2. The van der Waals surface area contributed by atoms with E-state index in [1.807, 2.05) is 0 Å². The molecule has 0 saturated carbocycles. The highest BCUT2D eigenvalue weighted by molar-refractivity contribution is 5.51. The van der Waals surface area contributed by atoms with Gasteiger partial charge in [0, 0.05) is 0 Å². The van der Waals surface area contributed by atoms with E-state index >= 15 is 0 Å². The summed E-state index contributed by atoms with van der Waals surface area (Å²) in [6.45, 7) is 14.0. The van der Waals surface area contributed by atoms with Crippen LogP contribution in [0.5, 0.6) is 11.5 Å². The second-order valence-electron chi connectivity index (χ2n) is 19.6. The fraction of sp³-hybridized carbons (Fsp3) is 0.800. The smallest absolute Gasteiger partial charge is 0.130 e. The third-order valence-corrected chi connectivity index (χ3v) is 13.9. The van der Waals surface area contributed by atoms with Crippen LogP contribution >= 0.6 is 0 Å². The zero-order valence-electron chi connectivity index (χ0n) is 42.4. The predicted octanol–water partition coefficient (Wildman–Crippen LogP) is 20.9. The highest BCUT2D eigenvalue weighted by Gasteiger charge is 2.20. The normalized spacial score (nSPS) is 11.6. The van der Waals surface area contributed by atoms with E-state index in [2.05, 4.69) is 65.8 Å². The fourth-order valence-corrected chi connectivity index (χ4v) is 9.91. The summed E-state index contributed by atoms with van der Waals surface area (Å²) in [5, 5.41) is 0. The molecule has 0 N–H and O–H groups in total. The summed E-state index contributed by atoms with van der Waals surface area (Å²) >= 11 is 0. The topological polar surface area (TPSA) is 9.23 Å². The van der Waals surface area contributed by atoms with E-state index in [1.165, 1.54) is 281 Å². The van der Waals surface area contributed by atoms with E-state index in [-0.39, 0.29) is 0 Å². The van der Waals surface area contributed by atoms with Gasteiger partial charge in [0.15, 0.2) is 0 Å². The largest absolute Gasteiger partial charge is 0.457 e. The van der Waals surface area contributed by atoms with E-state index < -0.39 is 0 Å². The van der Waals surface area contributed by atoms with Gasteiger partial charge in [-0.05, 0) is 123 Å². The summed E-state index contributed by atoms with van der Waals surface area (Å²) in [7, 11) is 0. The molecular weight excluding hydrogens is 737 g/mol. The van der Waals surface area contributed by atoms with Crippen LogP contribution in [-0.4, -0.2) is 0 Å². The van der Waals surface area contributed by atoms with E-state index in [0.717, 1.165) is 0 Å². The van der Waals surface area contributed by atoms with Gasteiger partial charge < -0.3 is 4.74 Å². The summed E-state index contributed by atoms with van der Waals surface area (Å²) < 4.78 is 7.48. The first-order valence-electron chi connectivity index (χ1n) is 28.1. The molecule has 0 radical (unpaired) electrons. The van der Waals surface area contributed by atoms with Crippen molar-refractivity contribution in [1.82, 2.24) is 0 Å². The molecular formula is C60H106O. The van der Waals surface area contributed by atoms with Gasteiger partial charge in [-0.15, -0.1) is 0 Å². The minimum Gasteiger partial charge on any atom is -0.457 e. The van der Waals surface area contributed by atoms with Crippen molar-refractivity contribution in [3.8, 4) is 11.5 Å². The molecule has 0 saturated heterocycles. The van der Waals surface area contributed by atoms with Gasteiger partial charge in [0.05, 0.1) is 0 Å². The molecule has 1 nitrogen and oxygen atoms in total. The number of benzene rings is 2. The van der Waals surface area contributed by atoms with Crippen molar-refractivity contribution in [2.24, 2.45) is 0 Å². The van der Waals surface area contributed by atoms with Crippen LogP contribution in [0.4, 0.5) is 0 Å². The third kappa shape index (κ3) is 26.0. The summed E-state index contributed by atoms with van der Waals surface area (Å²) in [4.78, 5) is 0. The highest BCUT2D eigenvalue weighted by atomic mass is 16.5. The number of rotatable bonds is 44. The molecule has 0 aliphatic carbocycles.